The SMILES string of the molecule is OC[C@H](c1ccccc1)C(F)(F)F. The van der Waals surface area contributed by atoms with E-state index in [2.05, 4.69) is 0 Å². The molecule has 1 aromatic carbocycles. The summed E-state index contributed by atoms with van der Waals surface area (Å²) in [7, 11) is 0. The molecular weight excluding hydrogens is 181 g/mol. The van der Waals surface area contributed by atoms with Gasteiger partial charge in [-0.15, -0.1) is 0 Å². The highest BCUT2D eigenvalue weighted by atomic mass is 19.4. The summed E-state index contributed by atoms with van der Waals surface area (Å²) >= 11 is 0. The Morgan fingerprint density at radius 3 is 2.08 bits per heavy atom. The molecule has 0 unspecified atom stereocenters. The van der Waals surface area contributed by atoms with Crippen molar-refractivity contribution in [2.24, 2.45) is 0 Å². The molecule has 0 bridgehead atoms. The number of rotatable bonds is 2. The van der Waals surface area contributed by atoms with Crippen LogP contribution in [0.1, 0.15) is 11.5 Å². The zero-order valence-corrected chi connectivity index (χ0v) is 6.75. The molecule has 0 aliphatic heterocycles. The molecule has 1 aromatic rings. The monoisotopic (exact) mass is 190 g/mol. The molecule has 0 heterocycles. The maximum absolute atomic E-state index is 12.2. The first-order chi connectivity index (χ1) is 6.05. The first kappa shape index (κ1) is 10.1. The van der Waals surface area contributed by atoms with Crippen LogP contribution in [0.3, 0.4) is 0 Å². The molecule has 0 saturated carbocycles. The van der Waals surface area contributed by atoms with Gasteiger partial charge in [-0.1, -0.05) is 30.3 Å². The van der Waals surface area contributed by atoms with Crippen molar-refractivity contribution in [3.8, 4) is 0 Å². The van der Waals surface area contributed by atoms with Crippen LogP contribution in [0.2, 0.25) is 0 Å². The van der Waals surface area contributed by atoms with Crippen LogP contribution in [-0.2, 0) is 0 Å². The van der Waals surface area contributed by atoms with E-state index in [1.807, 2.05) is 0 Å². The van der Waals surface area contributed by atoms with Gasteiger partial charge < -0.3 is 5.11 Å². The van der Waals surface area contributed by atoms with Crippen LogP contribution in [0, 0.1) is 0 Å². The Morgan fingerprint density at radius 2 is 1.69 bits per heavy atom. The molecule has 0 aliphatic carbocycles. The third kappa shape index (κ3) is 2.45. The summed E-state index contributed by atoms with van der Waals surface area (Å²) in [5, 5.41) is 8.60. The van der Waals surface area contributed by atoms with Gasteiger partial charge in [-0.2, -0.15) is 13.2 Å². The summed E-state index contributed by atoms with van der Waals surface area (Å²) in [5.41, 5.74) is 0.0949. The summed E-state index contributed by atoms with van der Waals surface area (Å²) in [6.45, 7) is -0.909. The highest BCUT2D eigenvalue weighted by Gasteiger charge is 2.39. The Labute approximate surface area is 73.8 Å². The van der Waals surface area contributed by atoms with Gasteiger partial charge in [-0.3, -0.25) is 0 Å². The van der Waals surface area contributed by atoms with Crippen LogP contribution in [0.15, 0.2) is 30.3 Å². The molecule has 0 amide bonds. The molecule has 72 valence electrons. The molecule has 13 heavy (non-hydrogen) atoms. The van der Waals surface area contributed by atoms with Crippen molar-refractivity contribution < 1.29 is 18.3 Å². The molecule has 0 fully saturated rings. The van der Waals surface area contributed by atoms with Crippen LogP contribution in [-0.4, -0.2) is 17.9 Å². The van der Waals surface area contributed by atoms with Crippen molar-refractivity contribution in [1.29, 1.82) is 0 Å². The lowest BCUT2D eigenvalue weighted by molar-refractivity contribution is -0.158. The Kier molecular flexibility index (Phi) is 2.93. The largest absolute Gasteiger partial charge is 0.397 e. The maximum Gasteiger partial charge on any atom is 0.397 e. The normalized spacial score (nSPS) is 14.2. The van der Waals surface area contributed by atoms with Crippen LogP contribution >= 0.6 is 0 Å². The number of hydrogen-bond acceptors (Lipinski definition) is 1. The maximum atomic E-state index is 12.2. The van der Waals surface area contributed by atoms with E-state index in [-0.39, 0.29) is 5.56 Å². The lowest BCUT2D eigenvalue weighted by Crippen LogP contribution is -2.23. The van der Waals surface area contributed by atoms with Gasteiger partial charge in [0.2, 0.25) is 0 Å². The zero-order valence-electron chi connectivity index (χ0n) is 6.75. The summed E-state index contributed by atoms with van der Waals surface area (Å²) in [5.74, 6) is -1.77. The van der Waals surface area contributed by atoms with Gasteiger partial charge in [0.05, 0.1) is 6.61 Å². The number of alkyl halides is 3. The minimum atomic E-state index is -4.38. The van der Waals surface area contributed by atoms with Gasteiger partial charge >= 0.3 is 6.18 Å². The molecule has 0 aliphatic rings. The second kappa shape index (κ2) is 3.79. The summed E-state index contributed by atoms with van der Waals surface area (Å²) in [4.78, 5) is 0. The van der Waals surface area contributed by atoms with Crippen molar-refractivity contribution >= 4 is 0 Å². The highest BCUT2D eigenvalue weighted by Crippen LogP contribution is 2.33. The van der Waals surface area contributed by atoms with Crippen LogP contribution in [0.5, 0.6) is 0 Å². The molecule has 1 rings (SSSR count). The number of halogens is 3. The van der Waals surface area contributed by atoms with Crippen LogP contribution < -0.4 is 0 Å². The number of hydrogen-bond donors (Lipinski definition) is 1. The molecular formula is C9H9F3O. The van der Waals surface area contributed by atoms with E-state index in [0.29, 0.717) is 0 Å². The summed E-state index contributed by atoms with van der Waals surface area (Å²) in [6, 6.07) is 7.38. The minimum Gasteiger partial charge on any atom is -0.395 e. The minimum absolute atomic E-state index is 0.0949. The lowest BCUT2D eigenvalue weighted by Gasteiger charge is -2.17. The van der Waals surface area contributed by atoms with Crippen molar-refractivity contribution in [3.05, 3.63) is 35.9 Å². The average molecular weight is 190 g/mol. The first-order valence-electron chi connectivity index (χ1n) is 3.78. The van der Waals surface area contributed by atoms with E-state index < -0.39 is 18.7 Å². The van der Waals surface area contributed by atoms with Gasteiger partial charge in [0, 0.05) is 0 Å². The van der Waals surface area contributed by atoms with Crippen molar-refractivity contribution in [2.75, 3.05) is 6.61 Å². The molecule has 0 saturated heterocycles. The topological polar surface area (TPSA) is 20.2 Å². The molecule has 1 N–H and O–H groups in total. The van der Waals surface area contributed by atoms with E-state index in [4.69, 9.17) is 5.11 Å². The zero-order chi connectivity index (χ0) is 9.90. The fourth-order valence-electron chi connectivity index (χ4n) is 1.08. The van der Waals surface area contributed by atoms with Gasteiger partial charge in [0.25, 0.3) is 0 Å². The highest BCUT2D eigenvalue weighted by molar-refractivity contribution is 5.20. The quantitative estimate of drug-likeness (QED) is 0.758. The Morgan fingerprint density at radius 1 is 1.15 bits per heavy atom. The Balaban J connectivity index is 2.92. The fourth-order valence-corrected chi connectivity index (χ4v) is 1.08. The third-order valence-electron chi connectivity index (χ3n) is 1.78. The van der Waals surface area contributed by atoms with E-state index in [1.54, 1.807) is 6.07 Å². The Bertz CT molecular complexity index is 255. The number of aliphatic hydroxyl groups excluding tert-OH is 1. The molecule has 0 spiro atoms. The second-order valence-corrected chi connectivity index (χ2v) is 2.69. The predicted octanol–water partition coefficient (Wildman–Crippen LogP) is 2.32. The van der Waals surface area contributed by atoms with Gasteiger partial charge in [-0.25, -0.2) is 0 Å². The second-order valence-electron chi connectivity index (χ2n) is 2.69. The lowest BCUT2D eigenvalue weighted by atomic mass is 10.00. The molecule has 1 atom stereocenters. The predicted molar refractivity (Wildman–Crippen MR) is 42.3 cm³/mol. The van der Waals surface area contributed by atoms with E-state index in [9.17, 15) is 13.2 Å². The smallest absolute Gasteiger partial charge is 0.395 e. The number of benzene rings is 1. The van der Waals surface area contributed by atoms with Crippen molar-refractivity contribution in [2.45, 2.75) is 12.1 Å². The molecule has 1 nitrogen and oxygen atoms in total. The van der Waals surface area contributed by atoms with Crippen molar-refractivity contribution in [1.82, 2.24) is 0 Å². The van der Waals surface area contributed by atoms with Crippen LogP contribution in [0.4, 0.5) is 13.2 Å². The standard InChI is InChI=1S/C9H9F3O/c10-9(11,12)8(6-13)7-4-2-1-3-5-7/h1-5,8,13H,6H2/t8-/m1/s1. The summed E-state index contributed by atoms with van der Waals surface area (Å²) < 4.78 is 36.7. The Hall–Kier alpha value is -1.03. The van der Waals surface area contributed by atoms with E-state index in [1.165, 1.54) is 24.3 Å². The molecule has 0 aromatic heterocycles. The van der Waals surface area contributed by atoms with Crippen LogP contribution in [0.25, 0.3) is 0 Å². The fraction of sp³-hybridized carbons (Fsp3) is 0.333. The third-order valence-corrected chi connectivity index (χ3v) is 1.78. The van der Waals surface area contributed by atoms with Gasteiger partial charge in [0.15, 0.2) is 0 Å². The van der Waals surface area contributed by atoms with Gasteiger partial charge in [-0.05, 0) is 5.56 Å². The molecule has 0 radical (unpaired) electrons. The van der Waals surface area contributed by atoms with E-state index in [0.717, 1.165) is 0 Å². The van der Waals surface area contributed by atoms with E-state index >= 15 is 0 Å². The number of aliphatic hydroxyl groups is 1. The molecule has 4 heteroatoms. The first-order valence-corrected chi connectivity index (χ1v) is 3.78. The van der Waals surface area contributed by atoms with Gasteiger partial charge in [0.1, 0.15) is 5.92 Å². The average Bonchev–Trinajstić information content (AvgIpc) is 2.05. The van der Waals surface area contributed by atoms with Crippen molar-refractivity contribution in [3.63, 3.8) is 0 Å². The summed E-state index contributed by atoms with van der Waals surface area (Å²) in [6.07, 6.45) is -4.38.